The monoisotopic (exact) mass is 263 g/mol. The first-order chi connectivity index (χ1) is 8.65. The minimum Gasteiger partial charge on any atom is -0.489 e. The molecule has 0 aliphatic rings. The Labute approximate surface area is 109 Å². The van der Waals surface area contributed by atoms with Crippen molar-refractivity contribution in [3.8, 4) is 5.75 Å². The molecule has 0 unspecified atom stereocenters. The lowest BCUT2D eigenvalue weighted by atomic mass is 10.2. The Bertz CT molecular complexity index is 572. The van der Waals surface area contributed by atoms with E-state index in [1.807, 2.05) is 12.1 Å². The van der Waals surface area contributed by atoms with Crippen molar-refractivity contribution in [2.45, 2.75) is 6.61 Å². The third-order valence-electron chi connectivity index (χ3n) is 2.25. The van der Waals surface area contributed by atoms with Crippen LogP contribution >= 0.6 is 11.6 Å². The van der Waals surface area contributed by atoms with Crippen molar-refractivity contribution in [3.63, 3.8) is 0 Å². The number of hydrogen-bond donors (Lipinski definition) is 1. The summed E-state index contributed by atoms with van der Waals surface area (Å²) in [5, 5.41) is 9.43. The number of ether oxygens (including phenoxy) is 1. The number of carbonyl (C=O) groups is 1. The molecule has 0 fully saturated rings. The molecule has 0 aliphatic heterocycles. The van der Waals surface area contributed by atoms with Gasteiger partial charge in [0.15, 0.2) is 5.69 Å². The van der Waals surface area contributed by atoms with Crippen LogP contribution in [0.1, 0.15) is 16.1 Å². The molecular weight excluding hydrogens is 254 g/mol. The molecule has 0 amide bonds. The standard InChI is InChI=1S/C13H10ClNO3/c14-10-3-1-2-9(6-10)8-18-11-4-5-15-12(7-11)13(16)17/h1-7H,8H2,(H,16,17). The van der Waals surface area contributed by atoms with E-state index in [9.17, 15) is 4.79 Å². The van der Waals surface area contributed by atoms with E-state index in [-0.39, 0.29) is 5.69 Å². The Hall–Kier alpha value is -2.07. The number of nitrogens with zero attached hydrogens (tertiary/aromatic N) is 1. The average Bonchev–Trinajstić information content (AvgIpc) is 2.37. The molecule has 0 radical (unpaired) electrons. The van der Waals surface area contributed by atoms with Crippen molar-refractivity contribution in [2.24, 2.45) is 0 Å². The van der Waals surface area contributed by atoms with Gasteiger partial charge < -0.3 is 9.84 Å². The van der Waals surface area contributed by atoms with E-state index >= 15 is 0 Å². The van der Waals surface area contributed by atoms with E-state index in [2.05, 4.69) is 4.98 Å². The third-order valence-corrected chi connectivity index (χ3v) is 2.48. The van der Waals surface area contributed by atoms with Crippen molar-refractivity contribution in [3.05, 3.63) is 58.9 Å². The molecule has 0 aliphatic carbocycles. The Morgan fingerprint density at radius 3 is 2.89 bits per heavy atom. The number of carboxylic acids is 1. The van der Waals surface area contributed by atoms with E-state index in [4.69, 9.17) is 21.4 Å². The predicted molar refractivity (Wildman–Crippen MR) is 67.0 cm³/mol. The van der Waals surface area contributed by atoms with Crippen molar-refractivity contribution in [1.82, 2.24) is 4.98 Å². The van der Waals surface area contributed by atoms with Gasteiger partial charge in [0.1, 0.15) is 12.4 Å². The van der Waals surface area contributed by atoms with Crippen molar-refractivity contribution >= 4 is 17.6 Å². The Morgan fingerprint density at radius 2 is 2.17 bits per heavy atom. The quantitative estimate of drug-likeness (QED) is 0.921. The molecule has 2 rings (SSSR count). The molecule has 2 aromatic rings. The Kier molecular flexibility index (Phi) is 3.79. The van der Waals surface area contributed by atoms with E-state index in [0.717, 1.165) is 5.56 Å². The van der Waals surface area contributed by atoms with Gasteiger partial charge in [-0.25, -0.2) is 9.78 Å². The first-order valence-electron chi connectivity index (χ1n) is 5.22. The van der Waals surface area contributed by atoms with Crippen LogP contribution in [0.25, 0.3) is 0 Å². The van der Waals surface area contributed by atoms with Gasteiger partial charge in [-0.15, -0.1) is 0 Å². The van der Waals surface area contributed by atoms with E-state index in [0.29, 0.717) is 17.4 Å². The molecule has 0 bridgehead atoms. The number of halogens is 1. The fourth-order valence-corrected chi connectivity index (χ4v) is 1.62. The number of rotatable bonds is 4. The van der Waals surface area contributed by atoms with Crippen LogP contribution in [0.3, 0.4) is 0 Å². The summed E-state index contributed by atoms with van der Waals surface area (Å²) in [5.41, 5.74) is 0.870. The van der Waals surface area contributed by atoms with Gasteiger partial charge in [0.2, 0.25) is 0 Å². The van der Waals surface area contributed by atoms with Gasteiger partial charge in [-0.1, -0.05) is 23.7 Å². The Morgan fingerprint density at radius 1 is 1.33 bits per heavy atom. The van der Waals surface area contributed by atoms with Crippen LogP contribution in [0.4, 0.5) is 0 Å². The van der Waals surface area contributed by atoms with Crippen LogP contribution in [0.2, 0.25) is 5.02 Å². The summed E-state index contributed by atoms with van der Waals surface area (Å²) in [6.07, 6.45) is 1.40. The highest BCUT2D eigenvalue weighted by Gasteiger charge is 2.05. The normalized spacial score (nSPS) is 10.1. The van der Waals surface area contributed by atoms with Crippen molar-refractivity contribution in [2.75, 3.05) is 0 Å². The van der Waals surface area contributed by atoms with Crippen molar-refractivity contribution in [1.29, 1.82) is 0 Å². The zero-order chi connectivity index (χ0) is 13.0. The van der Waals surface area contributed by atoms with Gasteiger partial charge in [0.05, 0.1) is 0 Å². The second-order valence-electron chi connectivity index (χ2n) is 3.60. The van der Waals surface area contributed by atoms with Crippen LogP contribution in [0, 0.1) is 0 Å². The molecular formula is C13H10ClNO3. The number of pyridine rings is 1. The maximum absolute atomic E-state index is 10.7. The highest BCUT2D eigenvalue weighted by molar-refractivity contribution is 6.30. The van der Waals surface area contributed by atoms with Gasteiger partial charge in [-0.3, -0.25) is 0 Å². The highest BCUT2D eigenvalue weighted by atomic mass is 35.5. The summed E-state index contributed by atoms with van der Waals surface area (Å²) in [6, 6.07) is 10.3. The van der Waals surface area contributed by atoms with Crippen LogP contribution in [0.5, 0.6) is 5.75 Å². The summed E-state index contributed by atoms with van der Waals surface area (Å²) in [5.74, 6) is -0.620. The van der Waals surface area contributed by atoms with Crippen molar-refractivity contribution < 1.29 is 14.6 Å². The molecule has 0 spiro atoms. The predicted octanol–water partition coefficient (Wildman–Crippen LogP) is 3.01. The first kappa shape index (κ1) is 12.4. The zero-order valence-electron chi connectivity index (χ0n) is 9.34. The molecule has 18 heavy (non-hydrogen) atoms. The van der Waals surface area contributed by atoms with Crippen LogP contribution in [-0.2, 0) is 6.61 Å². The minimum atomic E-state index is -1.08. The molecule has 1 aromatic carbocycles. The summed E-state index contributed by atoms with van der Waals surface area (Å²) >= 11 is 5.85. The lowest BCUT2D eigenvalue weighted by molar-refractivity contribution is 0.0690. The number of aromatic nitrogens is 1. The molecule has 0 atom stereocenters. The average molecular weight is 264 g/mol. The van der Waals surface area contributed by atoms with Gasteiger partial charge in [-0.05, 0) is 23.8 Å². The molecule has 4 nitrogen and oxygen atoms in total. The van der Waals surface area contributed by atoms with Gasteiger partial charge >= 0.3 is 5.97 Å². The second-order valence-corrected chi connectivity index (χ2v) is 4.04. The van der Waals surface area contributed by atoms with Gasteiger partial charge in [-0.2, -0.15) is 0 Å². The summed E-state index contributed by atoms with van der Waals surface area (Å²) in [7, 11) is 0. The molecule has 1 aromatic heterocycles. The largest absolute Gasteiger partial charge is 0.489 e. The van der Waals surface area contributed by atoms with E-state index in [1.165, 1.54) is 12.3 Å². The van der Waals surface area contributed by atoms with Gasteiger partial charge in [0, 0.05) is 17.3 Å². The number of carboxylic acid groups (broad SMARTS) is 1. The van der Waals surface area contributed by atoms with E-state index in [1.54, 1.807) is 18.2 Å². The topological polar surface area (TPSA) is 59.4 Å². The lowest BCUT2D eigenvalue weighted by Crippen LogP contribution is -2.01. The molecule has 1 N–H and O–H groups in total. The molecule has 92 valence electrons. The lowest BCUT2D eigenvalue weighted by Gasteiger charge is -2.06. The molecule has 0 saturated heterocycles. The van der Waals surface area contributed by atoms with Gasteiger partial charge in [0.25, 0.3) is 0 Å². The van der Waals surface area contributed by atoms with Crippen LogP contribution < -0.4 is 4.74 Å². The molecule has 0 saturated carbocycles. The second kappa shape index (κ2) is 5.51. The van der Waals surface area contributed by atoms with Crippen LogP contribution in [0.15, 0.2) is 42.6 Å². The number of aromatic carboxylic acids is 1. The number of hydrogen-bond acceptors (Lipinski definition) is 3. The first-order valence-corrected chi connectivity index (χ1v) is 5.59. The minimum absolute atomic E-state index is 0.0430. The van der Waals surface area contributed by atoms with Crippen LogP contribution in [-0.4, -0.2) is 16.1 Å². The molecule has 5 heteroatoms. The highest BCUT2D eigenvalue weighted by Crippen LogP contribution is 2.15. The molecule has 1 heterocycles. The van der Waals surface area contributed by atoms with E-state index < -0.39 is 5.97 Å². The maximum atomic E-state index is 10.7. The third kappa shape index (κ3) is 3.21. The summed E-state index contributed by atoms with van der Waals surface area (Å²) in [4.78, 5) is 14.4. The Balaban J connectivity index is 2.06. The zero-order valence-corrected chi connectivity index (χ0v) is 10.1. The maximum Gasteiger partial charge on any atom is 0.354 e. The summed E-state index contributed by atoms with van der Waals surface area (Å²) in [6.45, 7) is 0.323. The fraction of sp³-hybridized carbons (Fsp3) is 0.0769. The smallest absolute Gasteiger partial charge is 0.354 e. The summed E-state index contributed by atoms with van der Waals surface area (Å²) < 4.78 is 5.48. The fourth-order valence-electron chi connectivity index (χ4n) is 1.41. The number of benzene rings is 1. The SMILES string of the molecule is O=C(O)c1cc(OCc2cccc(Cl)c2)ccn1.